The molecule has 0 heterocycles. The molecule has 100 valence electrons. The molecular formula is C15H23NO2. The molecule has 2 rings (SSSR count). The molecule has 0 amide bonds. The van der Waals surface area contributed by atoms with Crippen LogP contribution in [0.1, 0.15) is 37.2 Å². The summed E-state index contributed by atoms with van der Waals surface area (Å²) in [7, 11) is 1.67. The van der Waals surface area contributed by atoms with Crippen LogP contribution in [0.3, 0.4) is 0 Å². The molecule has 0 aromatic heterocycles. The molecule has 3 N–H and O–H groups in total. The van der Waals surface area contributed by atoms with Crippen LogP contribution in [0.2, 0.25) is 0 Å². The Morgan fingerprint density at radius 1 is 1.39 bits per heavy atom. The van der Waals surface area contributed by atoms with Crippen molar-refractivity contribution in [1.82, 2.24) is 0 Å². The number of nitrogens with two attached hydrogens (primary N) is 1. The average molecular weight is 249 g/mol. The zero-order chi connectivity index (χ0) is 13.0. The second kappa shape index (κ2) is 6.21. The minimum Gasteiger partial charge on any atom is -0.497 e. The fourth-order valence-electron chi connectivity index (χ4n) is 3.04. The Balaban J connectivity index is 2.20. The molecule has 1 aromatic carbocycles. The third-order valence-electron chi connectivity index (χ3n) is 4.07. The fourth-order valence-corrected chi connectivity index (χ4v) is 3.04. The average Bonchev–Trinajstić information content (AvgIpc) is 2.42. The van der Waals surface area contributed by atoms with E-state index in [1.54, 1.807) is 7.11 Å². The summed E-state index contributed by atoms with van der Waals surface area (Å²) in [5.74, 6) is 1.38. The van der Waals surface area contributed by atoms with Gasteiger partial charge in [0, 0.05) is 5.92 Å². The van der Waals surface area contributed by atoms with E-state index in [9.17, 15) is 5.11 Å². The lowest BCUT2D eigenvalue weighted by atomic mass is 9.75. The van der Waals surface area contributed by atoms with Gasteiger partial charge in [-0.05, 0) is 43.0 Å². The van der Waals surface area contributed by atoms with E-state index in [1.807, 2.05) is 18.2 Å². The van der Waals surface area contributed by atoms with Gasteiger partial charge in [0.2, 0.25) is 0 Å². The maximum Gasteiger partial charge on any atom is 0.119 e. The molecule has 1 aromatic rings. The molecule has 0 radical (unpaired) electrons. The van der Waals surface area contributed by atoms with E-state index in [0.717, 1.165) is 25.0 Å². The number of aliphatic hydroxyl groups excluding tert-OH is 1. The van der Waals surface area contributed by atoms with Crippen LogP contribution in [0, 0.1) is 5.92 Å². The van der Waals surface area contributed by atoms with Crippen LogP contribution in [0.4, 0.5) is 0 Å². The van der Waals surface area contributed by atoms with Gasteiger partial charge in [-0.15, -0.1) is 0 Å². The smallest absolute Gasteiger partial charge is 0.119 e. The number of benzene rings is 1. The molecule has 3 atom stereocenters. The van der Waals surface area contributed by atoms with Crippen molar-refractivity contribution in [2.75, 3.05) is 13.7 Å². The predicted octanol–water partition coefficient (Wildman–Crippen LogP) is 2.29. The summed E-state index contributed by atoms with van der Waals surface area (Å²) in [6.07, 6.45) is 4.10. The second-order valence-corrected chi connectivity index (χ2v) is 5.13. The highest BCUT2D eigenvalue weighted by molar-refractivity contribution is 5.31. The highest BCUT2D eigenvalue weighted by Gasteiger charge is 2.30. The van der Waals surface area contributed by atoms with Gasteiger partial charge in [0.25, 0.3) is 0 Å². The van der Waals surface area contributed by atoms with E-state index in [0.29, 0.717) is 6.54 Å². The van der Waals surface area contributed by atoms with Crippen LogP contribution in [0.25, 0.3) is 0 Å². The standard InChI is InChI=1S/C15H23NO2/c1-18-12-6-4-5-11(9-12)14(10-16)13-7-2-3-8-15(13)17/h4-6,9,13-15,17H,2-3,7-8,10,16H2,1H3/t13?,14-,15-/m0/s1. The van der Waals surface area contributed by atoms with Crippen LogP contribution < -0.4 is 10.5 Å². The lowest BCUT2D eigenvalue weighted by molar-refractivity contribution is 0.0560. The summed E-state index contributed by atoms with van der Waals surface area (Å²) in [4.78, 5) is 0. The second-order valence-electron chi connectivity index (χ2n) is 5.13. The van der Waals surface area contributed by atoms with Crippen molar-refractivity contribution in [3.8, 4) is 5.75 Å². The Morgan fingerprint density at radius 3 is 2.83 bits per heavy atom. The van der Waals surface area contributed by atoms with Crippen LogP contribution in [-0.2, 0) is 0 Å². The highest BCUT2D eigenvalue weighted by atomic mass is 16.5. The number of hydrogen-bond acceptors (Lipinski definition) is 3. The SMILES string of the molecule is COc1cccc([C@H](CN)C2CCCC[C@@H]2O)c1. The zero-order valence-corrected chi connectivity index (χ0v) is 11.0. The van der Waals surface area contributed by atoms with Gasteiger partial charge < -0.3 is 15.6 Å². The minimum absolute atomic E-state index is 0.210. The Hall–Kier alpha value is -1.06. The maximum absolute atomic E-state index is 10.2. The summed E-state index contributed by atoms with van der Waals surface area (Å²) in [5, 5.41) is 10.2. The first-order valence-electron chi connectivity index (χ1n) is 6.78. The topological polar surface area (TPSA) is 55.5 Å². The molecule has 1 aliphatic carbocycles. The monoisotopic (exact) mass is 249 g/mol. The Kier molecular flexibility index (Phi) is 4.61. The molecule has 1 saturated carbocycles. The molecule has 3 heteroatoms. The number of aliphatic hydroxyl groups is 1. The highest BCUT2D eigenvalue weighted by Crippen LogP contribution is 2.36. The Bertz CT molecular complexity index is 381. The summed E-state index contributed by atoms with van der Waals surface area (Å²) in [5.41, 5.74) is 7.12. The van der Waals surface area contributed by atoms with Crippen LogP contribution in [-0.4, -0.2) is 24.9 Å². The number of ether oxygens (including phenoxy) is 1. The van der Waals surface area contributed by atoms with Gasteiger partial charge in [0.15, 0.2) is 0 Å². The van der Waals surface area contributed by atoms with Gasteiger partial charge in [-0.2, -0.15) is 0 Å². The van der Waals surface area contributed by atoms with E-state index in [-0.39, 0.29) is 17.9 Å². The zero-order valence-electron chi connectivity index (χ0n) is 11.0. The molecule has 0 bridgehead atoms. The Morgan fingerprint density at radius 2 is 2.17 bits per heavy atom. The lowest BCUT2D eigenvalue weighted by Crippen LogP contribution is -2.33. The lowest BCUT2D eigenvalue weighted by Gasteiger charge is -2.34. The first kappa shape index (κ1) is 13.4. The molecule has 0 spiro atoms. The molecule has 1 unspecified atom stereocenters. The normalized spacial score (nSPS) is 25.7. The molecule has 1 fully saturated rings. The van der Waals surface area contributed by atoms with Crippen molar-refractivity contribution in [3.63, 3.8) is 0 Å². The predicted molar refractivity (Wildman–Crippen MR) is 72.8 cm³/mol. The van der Waals surface area contributed by atoms with Crippen LogP contribution in [0.15, 0.2) is 24.3 Å². The molecule has 1 aliphatic rings. The van der Waals surface area contributed by atoms with Gasteiger partial charge in [0.1, 0.15) is 5.75 Å². The van der Waals surface area contributed by atoms with Crippen LogP contribution in [0.5, 0.6) is 5.75 Å². The van der Waals surface area contributed by atoms with Gasteiger partial charge >= 0.3 is 0 Å². The van der Waals surface area contributed by atoms with Crippen molar-refractivity contribution in [2.24, 2.45) is 11.7 Å². The van der Waals surface area contributed by atoms with Gasteiger partial charge in [-0.3, -0.25) is 0 Å². The molecule has 0 saturated heterocycles. The maximum atomic E-state index is 10.2. The quantitative estimate of drug-likeness (QED) is 0.860. The van der Waals surface area contributed by atoms with Gasteiger partial charge in [-0.25, -0.2) is 0 Å². The molecule has 3 nitrogen and oxygen atoms in total. The fraction of sp³-hybridized carbons (Fsp3) is 0.600. The third kappa shape index (κ3) is 2.85. The van der Waals surface area contributed by atoms with E-state index in [2.05, 4.69) is 6.07 Å². The first-order chi connectivity index (χ1) is 8.76. The summed E-state index contributed by atoms with van der Waals surface area (Å²) in [6, 6.07) is 8.06. The van der Waals surface area contributed by atoms with Crippen molar-refractivity contribution < 1.29 is 9.84 Å². The van der Waals surface area contributed by atoms with Gasteiger partial charge in [0.05, 0.1) is 13.2 Å². The molecular weight excluding hydrogens is 226 g/mol. The van der Waals surface area contributed by atoms with Gasteiger partial charge in [-0.1, -0.05) is 25.0 Å². The summed E-state index contributed by atoms with van der Waals surface area (Å²) in [6.45, 7) is 0.578. The van der Waals surface area contributed by atoms with E-state index in [4.69, 9.17) is 10.5 Å². The summed E-state index contributed by atoms with van der Waals surface area (Å²) >= 11 is 0. The minimum atomic E-state index is -0.210. The van der Waals surface area contributed by atoms with E-state index < -0.39 is 0 Å². The molecule has 18 heavy (non-hydrogen) atoms. The van der Waals surface area contributed by atoms with Crippen LogP contribution >= 0.6 is 0 Å². The molecule has 0 aliphatic heterocycles. The number of hydrogen-bond donors (Lipinski definition) is 2. The van der Waals surface area contributed by atoms with Crippen molar-refractivity contribution >= 4 is 0 Å². The van der Waals surface area contributed by atoms with Crippen molar-refractivity contribution in [1.29, 1.82) is 0 Å². The van der Waals surface area contributed by atoms with Crippen molar-refractivity contribution in [2.45, 2.75) is 37.7 Å². The van der Waals surface area contributed by atoms with E-state index >= 15 is 0 Å². The van der Waals surface area contributed by atoms with E-state index in [1.165, 1.54) is 12.0 Å². The van der Waals surface area contributed by atoms with Crippen molar-refractivity contribution in [3.05, 3.63) is 29.8 Å². The first-order valence-corrected chi connectivity index (χ1v) is 6.78. The summed E-state index contributed by atoms with van der Waals surface area (Å²) < 4.78 is 5.26. The largest absolute Gasteiger partial charge is 0.497 e. The number of methoxy groups -OCH3 is 1. The number of rotatable bonds is 4. The Labute approximate surface area is 109 Å². The third-order valence-corrected chi connectivity index (χ3v) is 4.07.